The Morgan fingerprint density at radius 2 is 2.00 bits per heavy atom. The third-order valence-corrected chi connectivity index (χ3v) is 3.47. The number of halogens is 2. The zero-order valence-electron chi connectivity index (χ0n) is 9.86. The van der Waals surface area contributed by atoms with E-state index in [1.807, 2.05) is 42.5 Å². The number of benzene rings is 2. The van der Waals surface area contributed by atoms with Crippen LogP contribution in [0.2, 0.25) is 5.02 Å². The number of ether oxygens (including phenoxy) is 1. The van der Waals surface area contributed by atoms with E-state index in [4.69, 9.17) is 22.1 Å². The molecule has 0 radical (unpaired) electrons. The minimum atomic E-state index is -0.258. The van der Waals surface area contributed by atoms with Gasteiger partial charge in [-0.15, -0.1) is 0 Å². The number of hydrogen-bond donors (Lipinski definition) is 1. The molecule has 0 saturated heterocycles. The van der Waals surface area contributed by atoms with Crippen molar-refractivity contribution in [1.29, 1.82) is 0 Å². The molecule has 0 fully saturated rings. The SMILES string of the molecule is COc1cc(Br)ccc1C(N)c1cccc(Cl)c1. The molecular weight excluding hydrogens is 314 g/mol. The predicted octanol–water partition coefficient (Wildman–Crippen LogP) is 4.16. The smallest absolute Gasteiger partial charge is 0.125 e. The van der Waals surface area contributed by atoms with Crippen molar-refractivity contribution in [3.05, 3.63) is 63.1 Å². The molecule has 4 heteroatoms. The second kappa shape index (κ2) is 5.74. The minimum Gasteiger partial charge on any atom is -0.496 e. The summed E-state index contributed by atoms with van der Waals surface area (Å²) < 4.78 is 6.32. The molecule has 0 amide bonds. The fourth-order valence-corrected chi connectivity index (χ4v) is 2.36. The van der Waals surface area contributed by atoms with Crippen molar-refractivity contribution in [3.8, 4) is 5.75 Å². The van der Waals surface area contributed by atoms with E-state index in [2.05, 4.69) is 15.9 Å². The largest absolute Gasteiger partial charge is 0.496 e. The lowest BCUT2D eigenvalue weighted by molar-refractivity contribution is 0.407. The van der Waals surface area contributed by atoms with E-state index in [1.165, 1.54) is 0 Å². The zero-order chi connectivity index (χ0) is 13.1. The van der Waals surface area contributed by atoms with Gasteiger partial charge >= 0.3 is 0 Å². The first-order chi connectivity index (χ1) is 8.61. The Labute approximate surface area is 120 Å². The van der Waals surface area contributed by atoms with Crippen molar-refractivity contribution in [2.75, 3.05) is 7.11 Å². The quantitative estimate of drug-likeness (QED) is 0.919. The molecule has 0 spiro atoms. The summed E-state index contributed by atoms with van der Waals surface area (Å²) in [6.07, 6.45) is 0. The summed E-state index contributed by atoms with van der Waals surface area (Å²) in [7, 11) is 1.63. The van der Waals surface area contributed by atoms with Gasteiger partial charge in [-0.05, 0) is 29.8 Å². The standard InChI is InChI=1S/C14H13BrClNO/c1-18-13-8-10(15)5-6-12(13)14(17)9-3-2-4-11(16)7-9/h2-8,14H,17H2,1H3. The number of rotatable bonds is 3. The maximum atomic E-state index is 6.26. The van der Waals surface area contributed by atoms with Crippen molar-refractivity contribution >= 4 is 27.5 Å². The maximum Gasteiger partial charge on any atom is 0.125 e. The molecule has 2 aromatic rings. The Morgan fingerprint density at radius 1 is 1.22 bits per heavy atom. The molecule has 0 saturated carbocycles. The van der Waals surface area contributed by atoms with Crippen LogP contribution in [0.3, 0.4) is 0 Å². The van der Waals surface area contributed by atoms with Gasteiger partial charge < -0.3 is 10.5 Å². The molecule has 0 aliphatic heterocycles. The van der Waals surface area contributed by atoms with Gasteiger partial charge in [0, 0.05) is 15.1 Å². The van der Waals surface area contributed by atoms with Gasteiger partial charge in [-0.2, -0.15) is 0 Å². The van der Waals surface area contributed by atoms with E-state index >= 15 is 0 Å². The molecule has 0 aliphatic rings. The first-order valence-corrected chi connectivity index (χ1v) is 6.63. The van der Waals surface area contributed by atoms with Crippen molar-refractivity contribution in [2.24, 2.45) is 5.73 Å². The first kappa shape index (κ1) is 13.4. The van der Waals surface area contributed by atoms with E-state index in [1.54, 1.807) is 7.11 Å². The fraction of sp³-hybridized carbons (Fsp3) is 0.143. The van der Waals surface area contributed by atoms with Crippen LogP contribution in [0.4, 0.5) is 0 Å². The molecule has 94 valence electrons. The van der Waals surface area contributed by atoms with Crippen LogP contribution in [-0.2, 0) is 0 Å². The summed E-state index contributed by atoms with van der Waals surface area (Å²) in [6.45, 7) is 0. The van der Waals surface area contributed by atoms with Crippen molar-refractivity contribution < 1.29 is 4.74 Å². The molecule has 0 bridgehead atoms. The Bertz CT molecular complexity index is 559. The number of hydrogen-bond acceptors (Lipinski definition) is 2. The molecule has 0 aromatic heterocycles. The molecule has 0 aliphatic carbocycles. The summed E-state index contributed by atoms with van der Waals surface area (Å²) >= 11 is 9.39. The lowest BCUT2D eigenvalue weighted by Gasteiger charge is -2.16. The summed E-state index contributed by atoms with van der Waals surface area (Å²) in [6, 6.07) is 13.1. The number of nitrogens with two attached hydrogens (primary N) is 1. The van der Waals surface area contributed by atoms with Crippen molar-refractivity contribution in [2.45, 2.75) is 6.04 Å². The van der Waals surface area contributed by atoms with Gasteiger partial charge in [0.15, 0.2) is 0 Å². The van der Waals surface area contributed by atoms with Gasteiger partial charge in [-0.1, -0.05) is 45.7 Å². The van der Waals surface area contributed by atoms with Crippen LogP contribution >= 0.6 is 27.5 Å². The van der Waals surface area contributed by atoms with Gasteiger partial charge in [0.05, 0.1) is 13.2 Å². The molecule has 0 heterocycles. The van der Waals surface area contributed by atoms with Crippen LogP contribution < -0.4 is 10.5 Å². The second-order valence-electron chi connectivity index (χ2n) is 3.92. The van der Waals surface area contributed by atoms with E-state index in [9.17, 15) is 0 Å². The fourth-order valence-electron chi connectivity index (χ4n) is 1.82. The van der Waals surface area contributed by atoms with Gasteiger partial charge in [0.2, 0.25) is 0 Å². The summed E-state index contributed by atoms with van der Waals surface area (Å²) in [5.41, 5.74) is 8.15. The van der Waals surface area contributed by atoms with Crippen LogP contribution in [0.25, 0.3) is 0 Å². The van der Waals surface area contributed by atoms with Crippen LogP contribution in [0.15, 0.2) is 46.9 Å². The molecule has 18 heavy (non-hydrogen) atoms. The molecular formula is C14H13BrClNO. The number of methoxy groups -OCH3 is 1. The third-order valence-electron chi connectivity index (χ3n) is 2.74. The van der Waals surface area contributed by atoms with Gasteiger partial charge in [0.25, 0.3) is 0 Å². The normalized spacial score (nSPS) is 12.2. The Hall–Kier alpha value is -1.03. The van der Waals surface area contributed by atoms with Crippen LogP contribution in [-0.4, -0.2) is 7.11 Å². The lowest BCUT2D eigenvalue weighted by Crippen LogP contribution is -2.13. The average molecular weight is 327 g/mol. The van der Waals surface area contributed by atoms with E-state index < -0.39 is 0 Å². The molecule has 1 atom stereocenters. The van der Waals surface area contributed by atoms with Crippen LogP contribution in [0, 0.1) is 0 Å². The maximum absolute atomic E-state index is 6.26. The zero-order valence-corrected chi connectivity index (χ0v) is 12.2. The summed E-state index contributed by atoms with van der Waals surface area (Å²) in [4.78, 5) is 0. The predicted molar refractivity (Wildman–Crippen MR) is 78.2 cm³/mol. The monoisotopic (exact) mass is 325 g/mol. The van der Waals surface area contributed by atoms with Crippen molar-refractivity contribution in [3.63, 3.8) is 0 Å². The summed E-state index contributed by atoms with van der Waals surface area (Å²) in [5.74, 6) is 0.761. The van der Waals surface area contributed by atoms with Gasteiger partial charge in [-0.25, -0.2) is 0 Å². The van der Waals surface area contributed by atoms with E-state index in [0.29, 0.717) is 5.02 Å². The Morgan fingerprint density at radius 3 is 2.67 bits per heavy atom. The molecule has 2 nitrogen and oxygen atoms in total. The van der Waals surface area contributed by atoms with Crippen LogP contribution in [0.5, 0.6) is 5.75 Å². The highest BCUT2D eigenvalue weighted by Gasteiger charge is 2.14. The van der Waals surface area contributed by atoms with Crippen LogP contribution in [0.1, 0.15) is 17.2 Å². The van der Waals surface area contributed by atoms with Gasteiger partial charge in [0.1, 0.15) is 5.75 Å². The van der Waals surface area contributed by atoms with E-state index in [0.717, 1.165) is 21.3 Å². The highest BCUT2D eigenvalue weighted by molar-refractivity contribution is 9.10. The second-order valence-corrected chi connectivity index (χ2v) is 5.27. The molecule has 2 rings (SSSR count). The highest BCUT2D eigenvalue weighted by Crippen LogP contribution is 2.31. The highest BCUT2D eigenvalue weighted by atomic mass is 79.9. The molecule has 1 unspecified atom stereocenters. The average Bonchev–Trinajstić information content (AvgIpc) is 2.37. The topological polar surface area (TPSA) is 35.2 Å². The third kappa shape index (κ3) is 2.86. The van der Waals surface area contributed by atoms with E-state index in [-0.39, 0.29) is 6.04 Å². The molecule has 2 aromatic carbocycles. The van der Waals surface area contributed by atoms with Gasteiger partial charge in [-0.3, -0.25) is 0 Å². The lowest BCUT2D eigenvalue weighted by atomic mass is 9.99. The first-order valence-electron chi connectivity index (χ1n) is 5.46. The van der Waals surface area contributed by atoms with Crippen molar-refractivity contribution in [1.82, 2.24) is 0 Å². The molecule has 2 N–H and O–H groups in total. The Balaban J connectivity index is 2.42. The summed E-state index contributed by atoms with van der Waals surface area (Å²) in [5, 5.41) is 0.680. The Kier molecular flexibility index (Phi) is 4.27. The minimum absolute atomic E-state index is 0.258.